The number of urea groups is 1. The van der Waals surface area contributed by atoms with Crippen molar-refractivity contribution in [1.29, 1.82) is 0 Å². The van der Waals surface area contributed by atoms with Crippen molar-refractivity contribution in [2.24, 2.45) is 0 Å². The molecule has 3 nitrogen and oxygen atoms in total. The average molecular weight is 365 g/mol. The van der Waals surface area contributed by atoms with Crippen molar-refractivity contribution in [1.82, 2.24) is 5.32 Å². The van der Waals surface area contributed by atoms with Crippen molar-refractivity contribution in [2.45, 2.75) is 17.9 Å². The highest BCUT2D eigenvalue weighted by Crippen LogP contribution is 2.20. The first kappa shape index (κ1) is 15.9. The van der Waals surface area contributed by atoms with Crippen molar-refractivity contribution < 1.29 is 4.79 Å². The zero-order chi connectivity index (χ0) is 15.2. The van der Waals surface area contributed by atoms with Crippen molar-refractivity contribution >= 4 is 39.4 Å². The van der Waals surface area contributed by atoms with Crippen LogP contribution in [0, 0.1) is 0 Å². The number of halogens is 1. The molecule has 2 N–H and O–H groups in total. The first-order chi connectivity index (χ1) is 10.1. The number of rotatable bonds is 4. The van der Waals surface area contributed by atoms with Gasteiger partial charge in [-0.3, -0.25) is 0 Å². The van der Waals surface area contributed by atoms with Gasteiger partial charge in [-0.2, -0.15) is 0 Å². The quantitative estimate of drug-likeness (QED) is 0.744. The molecule has 0 heterocycles. The van der Waals surface area contributed by atoms with Crippen LogP contribution >= 0.6 is 27.7 Å². The number of thioether (sulfide) groups is 1. The summed E-state index contributed by atoms with van der Waals surface area (Å²) < 4.78 is 1.00. The summed E-state index contributed by atoms with van der Waals surface area (Å²) in [6, 6.07) is 15.4. The van der Waals surface area contributed by atoms with Crippen LogP contribution in [0.3, 0.4) is 0 Å². The van der Waals surface area contributed by atoms with Gasteiger partial charge in [-0.1, -0.05) is 34.1 Å². The van der Waals surface area contributed by atoms with Crippen molar-refractivity contribution in [3.63, 3.8) is 0 Å². The lowest BCUT2D eigenvalue weighted by Crippen LogP contribution is -2.31. The summed E-state index contributed by atoms with van der Waals surface area (Å²) in [4.78, 5) is 13.2. The molecule has 2 aromatic carbocycles. The smallest absolute Gasteiger partial charge is 0.319 e. The van der Waals surface area contributed by atoms with E-state index in [4.69, 9.17) is 0 Å². The Hall–Kier alpha value is -1.46. The summed E-state index contributed by atoms with van der Waals surface area (Å²) in [5.74, 6) is 0. The summed E-state index contributed by atoms with van der Waals surface area (Å²) in [6.07, 6.45) is 2.01. The lowest BCUT2D eigenvalue weighted by Gasteiger charge is -2.15. The van der Waals surface area contributed by atoms with Crippen molar-refractivity contribution in [2.75, 3.05) is 11.6 Å². The standard InChI is InChI=1S/C16H17BrN2OS/c1-11(12-5-3-6-13(17)9-12)18-16(20)19-14-7-4-8-15(10-14)21-2/h3-11H,1-2H3,(H2,18,19,20). The number of anilines is 1. The Balaban J connectivity index is 1.97. The van der Waals surface area contributed by atoms with Crippen molar-refractivity contribution in [3.8, 4) is 0 Å². The summed E-state index contributed by atoms with van der Waals surface area (Å²) in [5, 5.41) is 5.79. The molecule has 2 amide bonds. The second-order valence-corrected chi connectivity index (χ2v) is 6.40. The van der Waals surface area contributed by atoms with Gasteiger partial charge in [-0.25, -0.2) is 4.79 Å². The molecule has 0 spiro atoms. The maximum Gasteiger partial charge on any atom is 0.319 e. The highest BCUT2D eigenvalue weighted by Gasteiger charge is 2.10. The van der Waals surface area contributed by atoms with Crippen LogP contribution in [-0.2, 0) is 0 Å². The molecule has 0 saturated carbocycles. The second-order valence-electron chi connectivity index (χ2n) is 4.61. The minimum atomic E-state index is -0.208. The number of nitrogens with one attached hydrogen (secondary N) is 2. The summed E-state index contributed by atoms with van der Waals surface area (Å²) in [7, 11) is 0. The van der Waals surface area contributed by atoms with Crippen LogP contribution in [0.1, 0.15) is 18.5 Å². The molecule has 2 aromatic rings. The van der Waals surface area contributed by atoms with Crippen LogP contribution < -0.4 is 10.6 Å². The maximum absolute atomic E-state index is 12.0. The van der Waals surface area contributed by atoms with E-state index in [0.29, 0.717) is 0 Å². The van der Waals surface area contributed by atoms with Crippen LogP contribution in [0.5, 0.6) is 0 Å². The highest BCUT2D eigenvalue weighted by molar-refractivity contribution is 9.10. The number of benzene rings is 2. The van der Waals surface area contributed by atoms with Gasteiger partial charge in [0.15, 0.2) is 0 Å². The van der Waals surface area contributed by atoms with E-state index in [1.165, 1.54) is 0 Å². The predicted octanol–water partition coefficient (Wildman–Crippen LogP) is 5.05. The third kappa shape index (κ3) is 4.79. The highest BCUT2D eigenvalue weighted by atomic mass is 79.9. The van der Waals surface area contributed by atoms with E-state index in [2.05, 4.69) is 26.6 Å². The fraction of sp³-hybridized carbons (Fsp3) is 0.188. The Labute approximate surface area is 137 Å². The van der Waals surface area contributed by atoms with Gasteiger partial charge in [0, 0.05) is 15.1 Å². The maximum atomic E-state index is 12.0. The molecule has 0 saturated heterocycles. The molecule has 0 bridgehead atoms. The molecule has 5 heteroatoms. The van der Waals surface area contributed by atoms with E-state index < -0.39 is 0 Å². The molecular formula is C16H17BrN2OS. The summed E-state index contributed by atoms with van der Waals surface area (Å²) in [6.45, 7) is 1.96. The summed E-state index contributed by atoms with van der Waals surface area (Å²) >= 11 is 5.08. The molecule has 0 aliphatic rings. The SMILES string of the molecule is CSc1cccc(NC(=O)NC(C)c2cccc(Br)c2)c1. The van der Waals surface area contributed by atoms with E-state index in [0.717, 1.165) is 20.6 Å². The topological polar surface area (TPSA) is 41.1 Å². The molecule has 0 aliphatic carbocycles. The third-order valence-electron chi connectivity index (χ3n) is 3.02. The van der Waals surface area contributed by atoms with Gasteiger partial charge >= 0.3 is 6.03 Å². The third-order valence-corrected chi connectivity index (χ3v) is 4.24. The van der Waals surface area contributed by atoms with Crippen LogP contribution in [0.15, 0.2) is 57.9 Å². The fourth-order valence-corrected chi connectivity index (χ4v) is 2.80. The average Bonchev–Trinajstić information content (AvgIpc) is 2.47. The lowest BCUT2D eigenvalue weighted by molar-refractivity contribution is 0.249. The molecule has 0 aromatic heterocycles. The number of amides is 2. The Kier molecular flexibility index (Phi) is 5.70. The number of hydrogen-bond acceptors (Lipinski definition) is 2. The van der Waals surface area contributed by atoms with Gasteiger partial charge in [-0.05, 0) is 49.1 Å². The minimum absolute atomic E-state index is 0.0637. The van der Waals surface area contributed by atoms with Crippen molar-refractivity contribution in [3.05, 3.63) is 58.6 Å². The van der Waals surface area contributed by atoms with Crippen LogP contribution in [0.2, 0.25) is 0 Å². The van der Waals surface area contributed by atoms with Gasteiger partial charge < -0.3 is 10.6 Å². The van der Waals surface area contributed by atoms with Gasteiger partial charge in [0.2, 0.25) is 0 Å². The zero-order valence-corrected chi connectivity index (χ0v) is 14.3. The molecule has 0 fully saturated rings. The van der Waals surface area contributed by atoms with Gasteiger partial charge in [0.05, 0.1) is 6.04 Å². The van der Waals surface area contributed by atoms with Gasteiger partial charge in [0.25, 0.3) is 0 Å². The first-order valence-electron chi connectivity index (χ1n) is 6.55. The number of carbonyl (C=O) groups is 1. The second kappa shape index (κ2) is 7.52. The van der Waals surface area contributed by atoms with Crippen LogP contribution in [0.25, 0.3) is 0 Å². The molecule has 21 heavy (non-hydrogen) atoms. The fourth-order valence-electron chi connectivity index (χ4n) is 1.92. The number of hydrogen-bond donors (Lipinski definition) is 2. The Bertz CT molecular complexity index is 633. The molecule has 1 unspecified atom stereocenters. The largest absolute Gasteiger partial charge is 0.331 e. The Morgan fingerprint density at radius 3 is 2.67 bits per heavy atom. The van der Waals surface area contributed by atoms with E-state index in [9.17, 15) is 4.79 Å². The molecule has 110 valence electrons. The molecule has 0 aliphatic heterocycles. The van der Waals surface area contributed by atoms with Gasteiger partial charge in [0.1, 0.15) is 0 Å². The summed E-state index contributed by atoms with van der Waals surface area (Å²) in [5.41, 5.74) is 1.85. The molecular weight excluding hydrogens is 348 g/mol. The normalized spacial score (nSPS) is 11.8. The van der Waals surface area contributed by atoms with Crippen LogP contribution in [0.4, 0.5) is 10.5 Å². The first-order valence-corrected chi connectivity index (χ1v) is 8.57. The lowest BCUT2D eigenvalue weighted by atomic mass is 10.1. The Morgan fingerprint density at radius 2 is 1.95 bits per heavy atom. The van der Waals surface area contributed by atoms with E-state index in [1.807, 2.05) is 61.7 Å². The molecule has 0 radical (unpaired) electrons. The predicted molar refractivity (Wildman–Crippen MR) is 92.9 cm³/mol. The number of carbonyl (C=O) groups excluding carboxylic acids is 1. The molecule has 2 rings (SSSR count). The van der Waals surface area contributed by atoms with Gasteiger partial charge in [-0.15, -0.1) is 11.8 Å². The van der Waals surface area contributed by atoms with Crippen LogP contribution in [-0.4, -0.2) is 12.3 Å². The minimum Gasteiger partial charge on any atom is -0.331 e. The molecule has 1 atom stereocenters. The zero-order valence-electron chi connectivity index (χ0n) is 11.9. The van der Waals surface area contributed by atoms with E-state index in [-0.39, 0.29) is 12.1 Å². The van der Waals surface area contributed by atoms with E-state index >= 15 is 0 Å². The monoisotopic (exact) mass is 364 g/mol. The van der Waals surface area contributed by atoms with E-state index in [1.54, 1.807) is 11.8 Å². The Morgan fingerprint density at radius 1 is 1.19 bits per heavy atom.